The zero-order valence-electron chi connectivity index (χ0n) is 15.3. The number of aryl methyl sites for hydroxylation is 1. The number of carbonyl (C=O) groups excluding carboxylic acids is 2. The number of methoxy groups -OCH3 is 1. The van der Waals surface area contributed by atoms with Crippen LogP contribution in [0.5, 0.6) is 5.75 Å². The number of esters is 1. The fourth-order valence-electron chi connectivity index (χ4n) is 2.82. The smallest absolute Gasteiger partial charge is 0.342 e. The van der Waals surface area contributed by atoms with Crippen LogP contribution in [-0.2, 0) is 4.74 Å². The van der Waals surface area contributed by atoms with Gasteiger partial charge in [0.25, 0.3) is 5.69 Å². The van der Waals surface area contributed by atoms with Crippen molar-refractivity contribution in [3.05, 3.63) is 81.4 Å². The highest BCUT2D eigenvalue weighted by Gasteiger charge is 2.19. The lowest BCUT2D eigenvalue weighted by Crippen LogP contribution is -2.15. The van der Waals surface area contributed by atoms with Crippen molar-refractivity contribution >= 4 is 28.2 Å². The Bertz CT molecular complexity index is 1090. The minimum atomic E-state index is -0.711. The summed E-state index contributed by atoms with van der Waals surface area (Å²) in [7, 11) is 1.44. The van der Waals surface area contributed by atoms with E-state index in [-0.39, 0.29) is 16.8 Å². The van der Waals surface area contributed by atoms with E-state index in [1.54, 1.807) is 19.1 Å². The van der Waals surface area contributed by atoms with Gasteiger partial charge in [-0.15, -0.1) is 0 Å². The molecule has 0 aliphatic heterocycles. The number of rotatable bonds is 6. The van der Waals surface area contributed by atoms with Crippen molar-refractivity contribution in [3.8, 4) is 5.75 Å². The maximum absolute atomic E-state index is 12.5. The molecule has 0 bridgehead atoms. The second kappa shape index (κ2) is 7.87. The van der Waals surface area contributed by atoms with Crippen LogP contribution in [0.3, 0.4) is 0 Å². The Kier molecular flexibility index (Phi) is 5.35. The summed E-state index contributed by atoms with van der Waals surface area (Å²) < 4.78 is 10.4. The standard InChI is InChI=1S/C21H17NO6/c1-13-7-8-16(10-18(13)22(25)26)19(23)12-28-21(24)17-9-14-5-3-4-6-15(14)11-20(17)27-2/h3-11H,12H2,1-2H3. The van der Waals surface area contributed by atoms with Gasteiger partial charge in [0.1, 0.15) is 11.3 Å². The summed E-state index contributed by atoms with van der Waals surface area (Å²) in [5.74, 6) is -0.907. The first kappa shape index (κ1) is 19.0. The van der Waals surface area contributed by atoms with Gasteiger partial charge in [-0.3, -0.25) is 14.9 Å². The molecular formula is C21H17NO6. The Balaban J connectivity index is 1.79. The van der Waals surface area contributed by atoms with Crippen LogP contribution < -0.4 is 4.74 Å². The molecule has 0 fully saturated rings. The number of hydrogen-bond donors (Lipinski definition) is 0. The Morgan fingerprint density at radius 1 is 1.04 bits per heavy atom. The number of hydrogen-bond acceptors (Lipinski definition) is 6. The first-order valence-electron chi connectivity index (χ1n) is 8.43. The minimum Gasteiger partial charge on any atom is -0.496 e. The SMILES string of the molecule is COc1cc2ccccc2cc1C(=O)OCC(=O)c1ccc(C)c([N+](=O)[O-])c1. The van der Waals surface area contributed by atoms with Gasteiger partial charge in [-0.25, -0.2) is 4.79 Å². The highest BCUT2D eigenvalue weighted by atomic mass is 16.6. The lowest BCUT2D eigenvalue weighted by Gasteiger charge is -2.10. The summed E-state index contributed by atoms with van der Waals surface area (Å²) in [4.78, 5) is 35.2. The van der Waals surface area contributed by atoms with Gasteiger partial charge in [0.15, 0.2) is 6.61 Å². The van der Waals surface area contributed by atoms with E-state index in [4.69, 9.17) is 9.47 Å². The zero-order chi connectivity index (χ0) is 20.3. The van der Waals surface area contributed by atoms with E-state index < -0.39 is 23.3 Å². The normalized spacial score (nSPS) is 10.5. The van der Waals surface area contributed by atoms with Gasteiger partial charge in [-0.1, -0.05) is 36.4 Å². The van der Waals surface area contributed by atoms with Crippen LogP contribution in [0.4, 0.5) is 5.69 Å². The first-order valence-corrected chi connectivity index (χ1v) is 8.43. The van der Waals surface area contributed by atoms with Gasteiger partial charge >= 0.3 is 5.97 Å². The molecular weight excluding hydrogens is 362 g/mol. The van der Waals surface area contributed by atoms with E-state index in [1.807, 2.05) is 24.3 Å². The average Bonchev–Trinajstić information content (AvgIpc) is 2.70. The highest BCUT2D eigenvalue weighted by molar-refractivity contribution is 6.02. The van der Waals surface area contributed by atoms with E-state index in [1.165, 1.54) is 25.3 Å². The number of fused-ring (bicyclic) bond motifs is 1. The molecule has 0 saturated carbocycles. The van der Waals surface area contributed by atoms with Crippen molar-refractivity contribution in [2.24, 2.45) is 0 Å². The average molecular weight is 379 g/mol. The van der Waals surface area contributed by atoms with E-state index in [0.717, 1.165) is 10.8 Å². The third-order valence-corrected chi connectivity index (χ3v) is 4.35. The summed E-state index contributed by atoms with van der Waals surface area (Å²) in [6, 6.07) is 14.9. The van der Waals surface area contributed by atoms with E-state index in [9.17, 15) is 19.7 Å². The van der Waals surface area contributed by atoms with Crippen LogP contribution in [-0.4, -0.2) is 30.4 Å². The Labute approximate surface area is 160 Å². The number of ether oxygens (including phenoxy) is 2. The number of ketones is 1. The van der Waals surface area contributed by atoms with Crippen LogP contribution >= 0.6 is 0 Å². The zero-order valence-corrected chi connectivity index (χ0v) is 15.3. The second-order valence-corrected chi connectivity index (χ2v) is 6.16. The van der Waals surface area contributed by atoms with Crippen LogP contribution in [0.2, 0.25) is 0 Å². The molecule has 0 spiro atoms. The van der Waals surface area contributed by atoms with Gasteiger partial charge in [0, 0.05) is 17.2 Å². The molecule has 0 aliphatic rings. The van der Waals surface area contributed by atoms with Crippen molar-refractivity contribution in [2.45, 2.75) is 6.92 Å². The monoisotopic (exact) mass is 379 g/mol. The number of benzene rings is 3. The van der Waals surface area contributed by atoms with Crippen LogP contribution in [0.25, 0.3) is 10.8 Å². The lowest BCUT2D eigenvalue weighted by molar-refractivity contribution is -0.385. The second-order valence-electron chi connectivity index (χ2n) is 6.16. The quantitative estimate of drug-likeness (QED) is 0.277. The molecule has 7 heteroatoms. The number of nitro groups is 1. The molecule has 3 aromatic carbocycles. The van der Waals surface area contributed by atoms with Gasteiger partial charge in [0.05, 0.1) is 12.0 Å². The minimum absolute atomic E-state index is 0.107. The molecule has 0 aromatic heterocycles. The van der Waals surface area contributed by atoms with Gasteiger partial charge in [-0.2, -0.15) is 0 Å². The van der Waals surface area contributed by atoms with Crippen molar-refractivity contribution in [1.82, 2.24) is 0 Å². The molecule has 0 N–H and O–H groups in total. The molecule has 0 aliphatic carbocycles. The van der Waals surface area contributed by atoms with Gasteiger partial charge in [-0.05, 0) is 29.8 Å². The van der Waals surface area contributed by atoms with Crippen molar-refractivity contribution < 1.29 is 24.0 Å². The summed E-state index contributed by atoms with van der Waals surface area (Å²) >= 11 is 0. The molecule has 0 amide bonds. The summed E-state index contributed by atoms with van der Waals surface area (Å²) in [5.41, 5.74) is 0.590. The number of nitrogens with zero attached hydrogens (tertiary/aromatic N) is 1. The third-order valence-electron chi connectivity index (χ3n) is 4.35. The largest absolute Gasteiger partial charge is 0.496 e. The molecule has 0 heterocycles. The Morgan fingerprint density at radius 3 is 2.36 bits per heavy atom. The lowest BCUT2D eigenvalue weighted by atomic mass is 10.1. The Hall–Kier alpha value is -3.74. The van der Waals surface area contributed by atoms with Crippen molar-refractivity contribution in [3.63, 3.8) is 0 Å². The molecule has 3 aromatic rings. The summed E-state index contributed by atoms with van der Waals surface area (Å²) in [6.07, 6.45) is 0. The van der Waals surface area contributed by atoms with E-state index in [0.29, 0.717) is 11.3 Å². The molecule has 7 nitrogen and oxygen atoms in total. The van der Waals surface area contributed by atoms with Crippen molar-refractivity contribution in [2.75, 3.05) is 13.7 Å². The predicted molar refractivity (Wildman–Crippen MR) is 103 cm³/mol. The summed E-state index contributed by atoms with van der Waals surface area (Å²) in [5, 5.41) is 12.8. The fraction of sp³-hybridized carbons (Fsp3) is 0.143. The first-order chi connectivity index (χ1) is 13.4. The molecule has 0 unspecified atom stereocenters. The topological polar surface area (TPSA) is 95.7 Å². The van der Waals surface area contributed by atoms with Crippen LogP contribution in [0.15, 0.2) is 54.6 Å². The van der Waals surface area contributed by atoms with E-state index in [2.05, 4.69) is 0 Å². The van der Waals surface area contributed by atoms with Crippen LogP contribution in [0.1, 0.15) is 26.3 Å². The maximum Gasteiger partial charge on any atom is 0.342 e. The molecule has 3 rings (SSSR count). The molecule has 142 valence electrons. The molecule has 0 radical (unpaired) electrons. The van der Waals surface area contributed by atoms with E-state index >= 15 is 0 Å². The number of Topliss-reactive ketones (excluding diaryl/α,β-unsaturated/α-hetero) is 1. The molecule has 0 saturated heterocycles. The van der Waals surface area contributed by atoms with Gasteiger partial charge < -0.3 is 9.47 Å². The number of carbonyl (C=O) groups is 2. The third kappa shape index (κ3) is 3.83. The predicted octanol–water partition coefficient (Wildman–Crippen LogP) is 4.10. The Morgan fingerprint density at radius 2 is 1.71 bits per heavy atom. The summed E-state index contributed by atoms with van der Waals surface area (Å²) in [6.45, 7) is 1.05. The maximum atomic E-state index is 12.5. The van der Waals surface area contributed by atoms with Crippen molar-refractivity contribution in [1.29, 1.82) is 0 Å². The van der Waals surface area contributed by atoms with Crippen LogP contribution in [0, 0.1) is 17.0 Å². The number of nitro benzene ring substituents is 1. The van der Waals surface area contributed by atoms with Gasteiger partial charge in [0.2, 0.25) is 5.78 Å². The molecule has 28 heavy (non-hydrogen) atoms. The molecule has 0 atom stereocenters. The fourth-order valence-corrected chi connectivity index (χ4v) is 2.82. The highest BCUT2D eigenvalue weighted by Crippen LogP contribution is 2.27.